The lowest BCUT2D eigenvalue weighted by Crippen LogP contribution is -1.95. The first-order valence-electron chi connectivity index (χ1n) is 6.10. The number of hydrogen-bond acceptors (Lipinski definition) is 3. The van der Waals surface area contributed by atoms with Crippen LogP contribution in [-0.2, 0) is 0 Å². The van der Waals surface area contributed by atoms with E-state index in [0.29, 0.717) is 10.6 Å². The van der Waals surface area contributed by atoms with Gasteiger partial charge in [0.1, 0.15) is 5.82 Å². The molecule has 0 aliphatic heterocycles. The Morgan fingerprint density at radius 1 is 1.20 bits per heavy atom. The van der Waals surface area contributed by atoms with Crippen molar-refractivity contribution in [3.05, 3.63) is 70.7 Å². The highest BCUT2D eigenvalue weighted by atomic mass is 32.1. The summed E-state index contributed by atoms with van der Waals surface area (Å²) in [6.07, 6.45) is 1.48. The molecule has 4 heteroatoms. The first-order chi connectivity index (χ1) is 9.65. The molecule has 0 saturated heterocycles. The van der Waals surface area contributed by atoms with E-state index < -0.39 is 0 Å². The van der Waals surface area contributed by atoms with Crippen LogP contribution in [0.5, 0.6) is 0 Å². The Morgan fingerprint density at radius 2 is 1.95 bits per heavy atom. The summed E-state index contributed by atoms with van der Waals surface area (Å²) in [4.78, 5) is 13.8. The molecule has 0 aliphatic carbocycles. The molecular formula is C16H11FO2S. The van der Waals surface area contributed by atoms with Gasteiger partial charge < -0.3 is 4.42 Å². The number of furan rings is 1. The molecule has 2 aromatic heterocycles. The van der Waals surface area contributed by atoms with Crippen molar-refractivity contribution in [1.82, 2.24) is 0 Å². The maximum Gasteiger partial charge on any atom is 0.238 e. The quantitative estimate of drug-likeness (QED) is 0.654. The third-order valence-corrected chi connectivity index (χ3v) is 4.28. The minimum absolute atomic E-state index is 0.128. The zero-order valence-electron chi connectivity index (χ0n) is 10.7. The second kappa shape index (κ2) is 5.06. The summed E-state index contributed by atoms with van der Waals surface area (Å²) < 4.78 is 18.1. The van der Waals surface area contributed by atoms with Gasteiger partial charge in [-0.25, -0.2) is 4.39 Å². The fourth-order valence-corrected chi connectivity index (χ4v) is 3.13. The molecule has 3 rings (SSSR count). The normalized spacial score (nSPS) is 10.7. The summed E-state index contributed by atoms with van der Waals surface area (Å²) in [5.41, 5.74) is 1.91. The van der Waals surface area contributed by atoms with Crippen LogP contribution < -0.4 is 0 Å². The number of aryl methyl sites for hydroxylation is 1. The van der Waals surface area contributed by atoms with Gasteiger partial charge in [0.05, 0.1) is 11.1 Å². The van der Waals surface area contributed by atoms with E-state index in [9.17, 15) is 9.18 Å². The van der Waals surface area contributed by atoms with E-state index in [1.54, 1.807) is 24.3 Å². The van der Waals surface area contributed by atoms with E-state index in [2.05, 4.69) is 0 Å². The number of carbonyl (C=O) groups is 1. The van der Waals surface area contributed by atoms with Gasteiger partial charge in [0.2, 0.25) is 5.78 Å². The van der Waals surface area contributed by atoms with Gasteiger partial charge in [-0.05, 0) is 48.4 Å². The van der Waals surface area contributed by atoms with Crippen LogP contribution >= 0.6 is 11.3 Å². The molecule has 0 N–H and O–H groups in total. The number of thiophene rings is 1. The smallest absolute Gasteiger partial charge is 0.238 e. The SMILES string of the molecule is Cc1cc(C(=O)c2ccco2)sc1-c1ccc(F)cc1. The lowest BCUT2D eigenvalue weighted by Gasteiger charge is -1.98. The van der Waals surface area contributed by atoms with Gasteiger partial charge in [-0.15, -0.1) is 11.3 Å². The lowest BCUT2D eigenvalue weighted by molar-refractivity contribution is 0.101. The number of ketones is 1. The molecule has 0 saturated carbocycles. The summed E-state index contributed by atoms with van der Waals surface area (Å²) in [6, 6.07) is 11.5. The van der Waals surface area contributed by atoms with Crippen molar-refractivity contribution in [2.24, 2.45) is 0 Å². The Kier molecular flexibility index (Phi) is 3.24. The van der Waals surface area contributed by atoms with Gasteiger partial charge in [-0.1, -0.05) is 12.1 Å². The lowest BCUT2D eigenvalue weighted by atomic mass is 10.1. The summed E-state index contributed by atoms with van der Waals surface area (Å²) in [7, 11) is 0. The maximum absolute atomic E-state index is 13.0. The maximum atomic E-state index is 13.0. The highest BCUT2D eigenvalue weighted by Gasteiger charge is 2.17. The van der Waals surface area contributed by atoms with Crippen molar-refractivity contribution in [1.29, 1.82) is 0 Å². The van der Waals surface area contributed by atoms with Crippen LogP contribution in [0.1, 0.15) is 21.0 Å². The molecule has 0 aliphatic rings. The first kappa shape index (κ1) is 12.8. The molecule has 3 aromatic rings. The molecule has 0 fully saturated rings. The van der Waals surface area contributed by atoms with Crippen LogP contribution in [0.3, 0.4) is 0 Å². The summed E-state index contributed by atoms with van der Waals surface area (Å²) in [5, 5.41) is 0. The number of hydrogen-bond donors (Lipinski definition) is 0. The van der Waals surface area contributed by atoms with E-state index in [1.807, 2.05) is 13.0 Å². The third kappa shape index (κ3) is 2.30. The van der Waals surface area contributed by atoms with Gasteiger partial charge in [-0.3, -0.25) is 4.79 Å². The fourth-order valence-electron chi connectivity index (χ4n) is 2.01. The topological polar surface area (TPSA) is 30.2 Å². The average Bonchev–Trinajstić information content (AvgIpc) is 3.08. The van der Waals surface area contributed by atoms with E-state index in [4.69, 9.17) is 4.42 Å². The van der Waals surface area contributed by atoms with Crippen LogP contribution in [0, 0.1) is 12.7 Å². The summed E-state index contributed by atoms with van der Waals surface area (Å²) in [5.74, 6) is -0.0665. The monoisotopic (exact) mass is 286 g/mol. The Balaban J connectivity index is 1.99. The molecule has 0 bridgehead atoms. The highest BCUT2D eigenvalue weighted by Crippen LogP contribution is 2.33. The molecular weight excluding hydrogens is 275 g/mol. The molecule has 0 atom stereocenters. The van der Waals surface area contributed by atoms with E-state index in [-0.39, 0.29) is 11.6 Å². The van der Waals surface area contributed by atoms with Gasteiger partial charge in [-0.2, -0.15) is 0 Å². The minimum atomic E-state index is -0.269. The van der Waals surface area contributed by atoms with Crippen LogP contribution in [0.2, 0.25) is 0 Å². The minimum Gasteiger partial charge on any atom is -0.461 e. The van der Waals surface area contributed by atoms with Crippen molar-refractivity contribution >= 4 is 17.1 Å². The third-order valence-electron chi connectivity index (χ3n) is 2.99. The molecule has 0 spiro atoms. The van der Waals surface area contributed by atoms with Crippen molar-refractivity contribution in [2.75, 3.05) is 0 Å². The molecule has 20 heavy (non-hydrogen) atoms. The molecule has 0 amide bonds. The van der Waals surface area contributed by atoms with Crippen LogP contribution in [0.4, 0.5) is 4.39 Å². The predicted octanol–water partition coefficient (Wildman–Crippen LogP) is 4.69. The van der Waals surface area contributed by atoms with Gasteiger partial charge in [0.15, 0.2) is 5.76 Å². The number of carbonyl (C=O) groups excluding carboxylic acids is 1. The second-order valence-electron chi connectivity index (χ2n) is 4.44. The molecule has 2 heterocycles. The van der Waals surface area contributed by atoms with E-state index in [0.717, 1.165) is 16.0 Å². The van der Waals surface area contributed by atoms with Crippen molar-refractivity contribution in [3.63, 3.8) is 0 Å². The van der Waals surface area contributed by atoms with E-state index in [1.165, 1.54) is 29.7 Å². The van der Waals surface area contributed by atoms with Crippen LogP contribution in [-0.4, -0.2) is 5.78 Å². The standard InChI is InChI=1S/C16H11FO2S/c1-10-9-14(15(18)13-3-2-8-19-13)20-16(10)11-4-6-12(17)7-5-11/h2-9H,1H3. The molecule has 100 valence electrons. The average molecular weight is 286 g/mol. The Hall–Kier alpha value is -2.20. The Bertz CT molecular complexity index is 739. The van der Waals surface area contributed by atoms with Gasteiger partial charge in [0, 0.05) is 4.88 Å². The molecule has 0 unspecified atom stereocenters. The fraction of sp³-hybridized carbons (Fsp3) is 0.0625. The zero-order chi connectivity index (χ0) is 14.1. The predicted molar refractivity (Wildman–Crippen MR) is 76.6 cm³/mol. The number of rotatable bonds is 3. The zero-order valence-corrected chi connectivity index (χ0v) is 11.5. The summed E-state index contributed by atoms with van der Waals surface area (Å²) in [6.45, 7) is 1.94. The molecule has 0 radical (unpaired) electrons. The van der Waals surface area contributed by atoms with Crippen molar-refractivity contribution in [2.45, 2.75) is 6.92 Å². The van der Waals surface area contributed by atoms with Crippen LogP contribution in [0.15, 0.2) is 53.1 Å². The van der Waals surface area contributed by atoms with Crippen LogP contribution in [0.25, 0.3) is 10.4 Å². The number of benzene rings is 1. The largest absolute Gasteiger partial charge is 0.461 e. The van der Waals surface area contributed by atoms with Crippen molar-refractivity contribution in [3.8, 4) is 10.4 Å². The molecule has 2 nitrogen and oxygen atoms in total. The molecule has 1 aromatic carbocycles. The van der Waals surface area contributed by atoms with Gasteiger partial charge in [0.25, 0.3) is 0 Å². The van der Waals surface area contributed by atoms with Crippen molar-refractivity contribution < 1.29 is 13.6 Å². The first-order valence-corrected chi connectivity index (χ1v) is 6.91. The Morgan fingerprint density at radius 3 is 2.60 bits per heavy atom. The highest BCUT2D eigenvalue weighted by molar-refractivity contribution is 7.17. The second-order valence-corrected chi connectivity index (χ2v) is 5.49. The Labute approximate surface area is 119 Å². The summed E-state index contributed by atoms with van der Waals surface area (Å²) >= 11 is 1.39. The number of halogens is 1. The van der Waals surface area contributed by atoms with Gasteiger partial charge >= 0.3 is 0 Å². The van der Waals surface area contributed by atoms with E-state index >= 15 is 0 Å².